The molecule has 94 valence electrons. The van der Waals surface area contributed by atoms with Gasteiger partial charge in [-0.1, -0.05) is 6.07 Å². The van der Waals surface area contributed by atoms with Crippen molar-refractivity contribution in [3.63, 3.8) is 0 Å². The zero-order valence-electron chi connectivity index (χ0n) is 9.27. The van der Waals surface area contributed by atoms with Crippen LogP contribution in [0.15, 0.2) is 18.2 Å². The van der Waals surface area contributed by atoms with Crippen LogP contribution >= 0.6 is 0 Å². The Morgan fingerprint density at radius 3 is 2.65 bits per heavy atom. The summed E-state index contributed by atoms with van der Waals surface area (Å²) in [6.45, 7) is 1.73. The second kappa shape index (κ2) is 5.07. The Labute approximate surface area is 96.8 Å². The fourth-order valence-corrected chi connectivity index (χ4v) is 1.24. The number of aryl methyl sites for hydroxylation is 1. The van der Waals surface area contributed by atoms with E-state index in [-0.39, 0.29) is 0 Å². The van der Waals surface area contributed by atoms with Gasteiger partial charge in [-0.05, 0) is 24.6 Å². The highest BCUT2D eigenvalue weighted by molar-refractivity contribution is 5.92. The maximum absolute atomic E-state index is 11.9. The van der Waals surface area contributed by atoms with Gasteiger partial charge in [0.1, 0.15) is 0 Å². The quantitative estimate of drug-likeness (QED) is 0.806. The van der Waals surface area contributed by atoms with E-state index in [1.54, 1.807) is 19.1 Å². The average Bonchev–Trinajstić information content (AvgIpc) is 2.20. The van der Waals surface area contributed by atoms with E-state index in [1.807, 2.05) is 0 Å². The third-order valence-electron chi connectivity index (χ3n) is 2.17. The first-order valence-corrected chi connectivity index (χ1v) is 5.00. The van der Waals surface area contributed by atoms with Crippen molar-refractivity contribution < 1.29 is 18.0 Å². The summed E-state index contributed by atoms with van der Waals surface area (Å²) < 4.78 is 35.7. The number of benzene rings is 1. The number of carbonyl (C=O) groups excluding carboxylic acids is 1. The van der Waals surface area contributed by atoms with Crippen molar-refractivity contribution in [2.45, 2.75) is 25.9 Å². The molecule has 0 fully saturated rings. The van der Waals surface area contributed by atoms with Crippen molar-refractivity contribution >= 4 is 17.3 Å². The predicted octanol–water partition coefficient (Wildman–Crippen LogP) is 2.86. The summed E-state index contributed by atoms with van der Waals surface area (Å²) in [5.74, 6) is -0.670. The number of nitrogens with two attached hydrogens (primary N) is 1. The van der Waals surface area contributed by atoms with Gasteiger partial charge in [-0.2, -0.15) is 13.2 Å². The molecule has 3 nitrogen and oxygen atoms in total. The van der Waals surface area contributed by atoms with Gasteiger partial charge >= 0.3 is 6.18 Å². The number of hydrogen-bond donors (Lipinski definition) is 2. The molecule has 0 aromatic heterocycles. The molecule has 1 aromatic carbocycles. The van der Waals surface area contributed by atoms with Gasteiger partial charge in [0.15, 0.2) is 0 Å². The third kappa shape index (κ3) is 4.76. The summed E-state index contributed by atoms with van der Waals surface area (Å²) in [6.07, 6.45) is -6.03. The van der Waals surface area contributed by atoms with E-state index in [9.17, 15) is 18.0 Å². The van der Waals surface area contributed by atoms with Gasteiger partial charge in [-0.25, -0.2) is 0 Å². The maximum Gasteiger partial charge on any atom is 0.389 e. The van der Waals surface area contributed by atoms with Gasteiger partial charge in [0.25, 0.3) is 0 Å². The van der Waals surface area contributed by atoms with E-state index in [1.165, 1.54) is 6.07 Å². The molecule has 0 radical (unpaired) electrons. The molecule has 0 aliphatic heterocycles. The minimum absolute atomic E-state index is 0.442. The molecule has 0 aliphatic rings. The topological polar surface area (TPSA) is 55.1 Å². The molecule has 17 heavy (non-hydrogen) atoms. The largest absolute Gasteiger partial charge is 0.399 e. The molecule has 1 rings (SSSR count). The van der Waals surface area contributed by atoms with Crippen molar-refractivity contribution in [2.75, 3.05) is 11.1 Å². The number of anilines is 2. The van der Waals surface area contributed by atoms with Gasteiger partial charge < -0.3 is 11.1 Å². The van der Waals surface area contributed by atoms with Crippen molar-refractivity contribution in [3.05, 3.63) is 23.8 Å². The Balaban J connectivity index is 2.59. The third-order valence-corrected chi connectivity index (χ3v) is 2.17. The minimum atomic E-state index is -4.32. The summed E-state index contributed by atoms with van der Waals surface area (Å²) in [6, 6.07) is 4.86. The lowest BCUT2D eigenvalue weighted by Crippen LogP contribution is -2.17. The number of nitrogen functional groups attached to an aromatic ring is 1. The van der Waals surface area contributed by atoms with Crippen LogP contribution in [-0.4, -0.2) is 12.1 Å². The van der Waals surface area contributed by atoms with Crippen LogP contribution in [0.4, 0.5) is 24.5 Å². The van der Waals surface area contributed by atoms with Gasteiger partial charge in [-0.3, -0.25) is 4.79 Å². The molecule has 0 heterocycles. The molecule has 0 saturated heterocycles. The summed E-state index contributed by atoms with van der Waals surface area (Å²) in [7, 11) is 0. The van der Waals surface area contributed by atoms with Crippen LogP contribution in [0.3, 0.4) is 0 Å². The highest BCUT2D eigenvalue weighted by atomic mass is 19.4. The first-order chi connectivity index (χ1) is 7.78. The Morgan fingerprint density at radius 1 is 1.41 bits per heavy atom. The fourth-order valence-electron chi connectivity index (χ4n) is 1.24. The zero-order valence-corrected chi connectivity index (χ0v) is 9.27. The Hall–Kier alpha value is -1.72. The second-order valence-electron chi connectivity index (χ2n) is 3.74. The number of hydrogen-bond acceptors (Lipinski definition) is 2. The predicted molar refractivity (Wildman–Crippen MR) is 59.5 cm³/mol. The summed E-state index contributed by atoms with van der Waals surface area (Å²) in [5, 5.41) is 2.40. The smallest absolute Gasteiger partial charge is 0.389 e. The molecule has 0 atom stereocenters. The first-order valence-electron chi connectivity index (χ1n) is 5.00. The summed E-state index contributed by atoms with van der Waals surface area (Å²) in [5.41, 5.74) is 7.15. The van der Waals surface area contributed by atoms with Crippen molar-refractivity contribution in [1.82, 2.24) is 0 Å². The zero-order chi connectivity index (χ0) is 13.1. The maximum atomic E-state index is 11.9. The van der Waals surface area contributed by atoms with E-state index in [0.29, 0.717) is 11.4 Å². The van der Waals surface area contributed by atoms with E-state index in [4.69, 9.17) is 5.73 Å². The van der Waals surface area contributed by atoms with E-state index >= 15 is 0 Å². The molecule has 1 amide bonds. The summed E-state index contributed by atoms with van der Waals surface area (Å²) in [4.78, 5) is 11.3. The lowest BCUT2D eigenvalue weighted by molar-refractivity contribution is -0.142. The van der Waals surface area contributed by atoms with Crippen LogP contribution in [0.2, 0.25) is 0 Å². The number of rotatable bonds is 3. The lowest BCUT2D eigenvalue weighted by Gasteiger charge is -2.10. The fraction of sp³-hybridized carbons (Fsp3) is 0.364. The molecule has 0 spiro atoms. The lowest BCUT2D eigenvalue weighted by atomic mass is 10.1. The Kier molecular flexibility index (Phi) is 3.98. The number of alkyl halides is 3. The molecule has 0 saturated carbocycles. The van der Waals surface area contributed by atoms with Crippen LogP contribution < -0.4 is 11.1 Å². The first kappa shape index (κ1) is 13.3. The molecule has 0 bridgehead atoms. The highest BCUT2D eigenvalue weighted by Gasteiger charge is 2.27. The van der Waals surface area contributed by atoms with Crippen molar-refractivity contribution in [2.24, 2.45) is 0 Å². The van der Waals surface area contributed by atoms with Gasteiger partial charge in [0.05, 0.1) is 6.42 Å². The number of halogens is 3. The molecule has 6 heteroatoms. The van der Waals surface area contributed by atoms with Crippen LogP contribution in [0.1, 0.15) is 18.4 Å². The number of nitrogens with one attached hydrogen (secondary N) is 1. The Morgan fingerprint density at radius 2 is 2.06 bits per heavy atom. The standard InChI is InChI=1S/C11H13F3N2O/c1-7-2-3-8(15)6-9(7)16-10(17)4-5-11(12,13)14/h2-3,6H,4-5,15H2,1H3,(H,16,17). The molecule has 1 aromatic rings. The molecular weight excluding hydrogens is 233 g/mol. The number of amides is 1. The van der Waals surface area contributed by atoms with Crippen molar-refractivity contribution in [3.8, 4) is 0 Å². The van der Waals surface area contributed by atoms with Gasteiger partial charge in [0.2, 0.25) is 5.91 Å². The molecule has 0 unspecified atom stereocenters. The van der Waals surface area contributed by atoms with Crippen molar-refractivity contribution in [1.29, 1.82) is 0 Å². The van der Waals surface area contributed by atoms with E-state index in [2.05, 4.69) is 5.32 Å². The monoisotopic (exact) mass is 246 g/mol. The normalized spacial score (nSPS) is 11.3. The molecule has 3 N–H and O–H groups in total. The van der Waals surface area contributed by atoms with Gasteiger partial charge in [-0.15, -0.1) is 0 Å². The average molecular weight is 246 g/mol. The highest BCUT2D eigenvalue weighted by Crippen LogP contribution is 2.23. The van der Waals surface area contributed by atoms with Crippen LogP contribution in [-0.2, 0) is 4.79 Å². The van der Waals surface area contributed by atoms with Crippen LogP contribution in [0, 0.1) is 6.92 Å². The van der Waals surface area contributed by atoms with Crippen LogP contribution in [0.5, 0.6) is 0 Å². The molecule has 0 aliphatic carbocycles. The number of carbonyl (C=O) groups is 1. The van der Waals surface area contributed by atoms with Crippen LogP contribution in [0.25, 0.3) is 0 Å². The SMILES string of the molecule is Cc1ccc(N)cc1NC(=O)CCC(F)(F)F. The summed E-state index contributed by atoms with van der Waals surface area (Å²) >= 11 is 0. The van der Waals surface area contributed by atoms with Gasteiger partial charge in [0, 0.05) is 17.8 Å². The minimum Gasteiger partial charge on any atom is -0.399 e. The van der Waals surface area contributed by atoms with E-state index < -0.39 is 24.9 Å². The van der Waals surface area contributed by atoms with E-state index in [0.717, 1.165) is 5.56 Å². The Bertz CT molecular complexity index is 416. The molecular formula is C11H13F3N2O. The second-order valence-corrected chi connectivity index (χ2v) is 3.74.